The minimum Gasteiger partial charge on any atom is -0.493 e. The Morgan fingerprint density at radius 1 is 1.10 bits per heavy atom. The molecule has 0 spiro atoms. The third kappa shape index (κ3) is 2.60. The molecule has 0 saturated carbocycles. The normalized spacial score (nSPS) is 10.7. The summed E-state index contributed by atoms with van der Waals surface area (Å²) in [4.78, 5) is 23.5. The second kappa shape index (κ2) is 5.46. The number of hydrogen-bond acceptors (Lipinski definition) is 5. The third-order valence-corrected chi connectivity index (χ3v) is 2.91. The van der Waals surface area contributed by atoms with Crippen LogP contribution in [0.4, 0.5) is 11.4 Å². The molecule has 0 atom stereocenters. The summed E-state index contributed by atoms with van der Waals surface area (Å²) < 4.78 is 1.76. The van der Waals surface area contributed by atoms with Crippen LogP contribution in [0.2, 0.25) is 0 Å². The molecule has 7 heteroatoms. The fraction of sp³-hybridized carbons (Fsp3) is 0.143. The van der Waals surface area contributed by atoms with Crippen LogP contribution < -0.4 is 11.2 Å². The first-order valence-electron chi connectivity index (χ1n) is 5.93. The van der Waals surface area contributed by atoms with Crippen LogP contribution in [-0.2, 0) is 14.1 Å². The van der Waals surface area contributed by atoms with Gasteiger partial charge in [-0.05, 0) is 24.3 Å². The Kier molecular flexibility index (Phi) is 3.71. The van der Waals surface area contributed by atoms with E-state index in [1.54, 1.807) is 24.3 Å². The summed E-state index contributed by atoms with van der Waals surface area (Å²) in [6.45, 7) is 0. The van der Waals surface area contributed by atoms with Gasteiger partial charge in [-0.1, -0.05) is 5.92 Å². The van der Waals surface area contributed by atoms with Gasteiger partial charge in [0.2, 0.25) is 11.6 Å². The Hall–Kier alpha value is -3.14. The zero-order valence-electron chi connectivity index (χ0n) is 11.4. The first kappa shape index (κ1) is 14.3. The molecule has 0 saturated heterocycles. The summed E-state index contributed by atoms with van der Waals surface area (Å²) in [6.07, 6.45) is 5.24. The van der Waals surface area contributed by atoms with Gasteiger partial charge >= 0.3 is 5.69 Å². The maximum Gasteiger partial charge on any atom is 0.333 e. The molecular weight excluding hydrogens is 272 g/mol. The van der Waals surface area contributed by atoms with Gasteiger partial charge in [0.15, 0.2) is 0 Å². The topological polar surface area (TPSA) is 88.9 Å². The number of hydrogen-bond donors (Lipinski definition) is 1. The van der Waals surface area contributed by atoms with Crippen LogP contribution in [0.25, 0.3) is 0 Å². The number of terminal acetylenes is 1. The van der Waals surface area contributed by atoms with Gasteiger partial charge < -0.3 is 5.11 Å². The van der Waals surface area contributed by atoms with E-state index in [2.05, 4.69) is 16.1 Å². The highest BCUT2D eigenvalue weighted by Gasteiger charge is 2.14. The van der Waals surface area contributed by atoms with Crippen molar-refractivity contribution in [2.75, 3.05) is 0 Å². The predicted molar refractivity (Wildman–Crippen MR) is 77.1 cm³/mol. The molecule has 0 unspecified atom stereocenters. The van der Waals surface area contributed by atoms with E-state index in [4.69, 9.17) is 6.42 Å². The van der Waals surface area contributed by atoms with E-state index < -0.39 is 17.1 Å². The Bertz CT molecular complexity index is 867. The highest BCUT2D eigenvalue weighted by atomic mass is 16.3. The third-order valence-electron chi connectivity index (χ3n) is 2.91. The van der Waals surface area contributed by atoms with E-state index in [0.717, 1.165) is 9.13 Å². The van der Waals surface area contributed by atoms with Crippen molar-refractivity contribution in [2.24, 2.45) is 24.3 Å². The molecular formula is C14H12N4O3. The molecule has 0 aliphatic rings. The summed E-state index contributed by atoms with van der Waals surface area (Å²) in [5, 5.41) is 17.4. The molecule has 0 fully saturated rings. The van der Waals surface area contributed by atoms with Crippen LogP contribution in [-0.4, -0.2) is 14.2 Å². The van der Waals surface area contributed by atoms with Crippen LogP contribution in [0.5, 0.6) is 5.88 Å². The standard InChI is InChI=1S/C14H12N4O3/c1-4-9-5-7-10(8-6-9)15-16-11-12(19)17(2)14(21)18(3)13(11)20/h1,5-8,19H,2-3H3/b16-15+. The predicted octanol–water partition coefficient (Wildman–Crippen LogP) is 1.19. The average molecular weight is 284 g/mol. The molecule has 0 bridgehead atoms. The van der Waals surface area contributed by atoms with Crippen molar-refractivity contribution in [3.05, 3.63) is 50.7 Å². The second-order valence-electron chi connectivity index (χ2n) is 4.27. The van der Waals surface area contributed by atoms with E-state index >= 15 is 0 Å². The van der Waals surface area contributed by atoms with Gasteiger partial charge in [-0.3, -0.25) is 13.9 Å². The van der Waals surface area contributed by atoms with Crippen molar-refractivity contribution >= 4 is 11.4 Å². The van der Waals surface area contributed by atoms with Crippen molar-refractivity contribution in [2.45, 2.75) is 0 Å². The fourth-order valence-electron chi connectivity index (χ4n) is 1.64. The number of nitrogens with zero attached hydrogens (tertiary/aromatic N) is 4. The molecule has 0 radical (unpaired) electrons. The lowest BCUT2D eigenvalue weighted by Gasteiger charge is -2.06. The first-order chi connectivity index (χ1) is 9.95. The molecule has 1 heterocycles. The molecule has 106 valence electrons. The smallest absolute Gasteiger partial charge is 0.333 e. The first-order valence-corrected chi connectivity index (χ1v) is 5.93. The van der Waals surface area contributed by atoms with Crippen molar-refractivity contribution in [1.82, 2.24) is 9.13 Å². The fourth-order valence-corrected chi connectivity index (χ4v) is 1.64. The summed E-state index contributed by atoms with van der Waals surface area (Å²) in [7, 11) is 2.63. The number of azo groups is 1. The Labute approximate surface area is 119 Å². The maximum absolute atomic E-state index is 11.9. The average Bonchev–Trinajstić information content (AvgIpc) is 2.51. The van der Waals surface area contributed by atoms with Crippen LogP contribution in [0, 0.1) is 12.3 Å². The van der Waals surface area contributed by atoms with E-state index in [0.29, 0.717) is 11.3 Å². The summed E-state index contributed by atoms with van der Waals surface area (Å²) in [6, 6.07) is 6.60. The van der Waals surface area contributed by atoms with Gasteiger partial charge in [-0.2, -0.15) is 5.11 Å². The van der Waals surface area contributed by atoms with E-state index in [1.807, 2.05) is 0 Å². The Morgan fingerprint density at radius 2 is 1.71 bits per heavy atom. The van der Waals surface area contributed by atoms with Gasteiger partial charge in [-0.25, -0.2) is 4.79 Å². The molecule has 2 aromatic rings. The van der Waals surface area contributed by atoms with Crippen LogP contribution in [0.15, 0.2) is 44.1 Å². The van der Waals surface area contributed by atoms with Crippen molar-refractivity contribution in [3.63, 3.8) is 0 Å². The molecule has 1 aromatic carbocycles. The molecule has 0 aliphatic heterocycles. The van der Waals surface area contributed by atoms with Crippen LogP contribution in [0.3, 0.4) is 0 Å². The minimum atomic E-state index is -0.723. The Balaban J connectivity index is 2.49. The van der Waals surface area contributed by atoms with Crippen LogP contribution >= 0.6 is 0 Å². The van der Waals surface area contributed by atoms with Gasteiger partial charge in [-0.15, -0.1) is 11.5 Å². The largest absolute Gasteiger partial charge is 0.493 e. The number of aromatic hydroxyl groups is 1. The minimum absolute atomic E-state index is 0.305. The monoisotopic (exact) mass is 284 g/mol. The van der Waals surface area contributed by atoms with Crippen molar-refractivity contribution in [3.8, 4) is 18.2 Å². The molecule has 2 rings (SSSR count). The van der Waals surface area contributed by atoms with Crippen LogP contribution in [0.1, 0.15) is 5.56 Å². The molecule has 21 heavy (non-hydrogen) atoms. The van der Waals surface area contributed by atoms with Crippen molar-refractivity contribution in [1.29, 1.82) is 0 Å². The van der Waals surface area contributed by atoms with E-state index in [9.17, 15) is 14.7 Å². The van der Waals surface area contributed by atoms with E-state index in [1.165, 1.54) is 14.1 Å². The molecule has 0 amide bonds. The molecule has 1 N–H and O–H groups in total. The summed E-state index contributed by atoms with van der Waals surface area (Å²) >= 11 is 0. The number of benzene rings is 1. The van der Waals surface area contributed by atoms with Crippen molar-refractivity contribution < 1.29 is 5.11 Å². The highest BCUT2D eigenvalue weighted by Crippen LogP contribution is 2.22. The number of aromatic nitrogens is 2. The zero-order chi connectivity index (χ0) is 15.6. The maximum atomic E-state index is 11.9. The van der Waals surface area contributed by atoms with Gasteiger partial charge in [0.05, 0.1) is 5.69 Å². The number of rotatable bonds is 2. The van der Waals surface area contributed by atoms with E-state index in [-0.39, 0.29) is 5.69 Å². The zero-order valence-corrected chi connectivity index (χ0v) is 11.4. The summed E-state index contributed by atoms with van der Waals surface area (Å²) in [5.74, 6) is 1.93. The Morgan fingerprint density at radius 3 is 2.29 bits per heavy atom. The highest BCUT2D eigenvalue weighted by molar-refractivity contribution is 5.46. The lowest BCUT2D eigenvalue weighted by atomic mass is 10.2. The summed E-state index contributed by atoms with van der Waals surface area (Å²) in [5.41, 5.74) is -0.519. The van der Waals surface area contributed by atoms with Gasteiger partial charge in [0, 0.05) is 19.7 Å². The molecule has 1 aromatic heterocycles. The van der Waals surface area contributed by atoms with Gasteiger partial charge in [0.25, 0.3) is 5.56 Å². The quantitative estimate of drug-likeness (QED) is 0.663. The van der Waals surface area contributed by atoms with Gasteiger partial charge in [0.1, 0.15) is 0 Å². The lowest BCUT2D eigenvalue weighted by Crippen LogP contribution is -2.36. The second-order valence-corrected chi connectivity index (χ2v) is 4.27. The lowest BCUT2D eigenvalue weighted by molar-refractivity contribution is 0.413. The molecule has 0 aliphatic carbocycles. The SMILES string of the molecule is C#Cc1ccc(/N=N/c2c(O)n(C)c(=O)n(C)c2=O)cc1. The molecule has 7 nitrogen and oxygen atoms in total.